The third-order valence-corrected chi connectivity index (χ3v) is 8.74. The van der Waals surface area contributed by atoms with Crippen molar-refractivity contribution in [2.45, 2.75) is 150 Å². The fraction of sp³-hybridized carbons (Fsp3) is 1.00. The molecule has 0 spiro atoms. The summed E-state index contributed by atoms with van der Waals surface area (Å²) in [6.45, 7) is 32.0. The van der Waals surface area contributed by atoms with E-state index < -0.39 is 0 Å². The van der Waals surface area contributed by atoms with Gasteiger partial charge in [-0.2, -0.15) is 0 Å². The van der Waals surface area contributed by atoms with Crippen molar-refractivity contribution in [2.24, 2.45) is 45.3 Å². The van der Waals surface area contributed by atoms with Crippen LogP contribution in [0, 0.1) is 45.3 Å². The fourth-order valence-corrected chi connectivity index (χ4v) is 4.21. The van der Waals surface area contributed by atoms with Gasteiger partial charge in [-0.1, -0.05) is 125 Å². The first-order valence-electron chi connectivity index (χ1n) is 12.5. The lowest BCUT2D eigenvalue weighted by molar-refractivity contribution is -0.181. The summed E-state index contributed by atoms with van der Waals surface area (Å²) in [5, 5.41) is 0. The highest BCUT2D eigenvalue weighted by atomic mass is 14.7. The molecular weight excluding hydrogens is 360 g/mol. The summed E-state index contributed by atoms with van der Waals surface area (Å²) >= 11 is 0. The zero-order valence-electron chi connectivity index (χ0n) is 22.6. The van der Waals surface area contributed by atoms with Crippen molar-refractivity contribution >= 4 is 0 Å². The first-order chi connectivity index (χ1) is 12.5. The van der Waals surface area contributed by atoms with Crippen molar-refractivity contribution in [3.05, 3.63) is 0 Å². The molecule has 4 saturated carbocycles. The van der Waals surface area contributed by atoms with Gasteiger partial charge >= 0.3 is 0 Å². The molecule has 0 aromatic rings. The van der Waals surface area contributed by atoms with Crippen molar-refractivity contribution in [2.75, 3.05) is 0 Å². The molecule has 0 radical (unpaired) electrons. The van der Waals surface area contributed by atoms with Gasteiger partial charge in [0.1, 0.15) is 0 Å². The minimum absolute atomic E-state index is 0. The molecule has 0 N–H and O–H groups in total. The van der Waals surface area contributed by atoms with Gasteiger partial charge in [0.2, 0.25) is 0 Å². The van der Waals surface area contributed by atoms with E-state index in [0.717, 1.165) is 29.1 Å². The summed E-state index contributed by atoms with van der Waals surface area (Å²) in [7, 11) is 0. The van der Waals surface area contributed by atoms with Crippen LogP contribution in [0.2, 0.25) is 0 Å². The summed E-state index contributed by atoms with van der Waals surface area (Å²) in [5.41, 5.74) is 2.28. The fourth-order valence-electron chi connectivity index (χ4n) is 4.21. The molecule has 0 saturated heterocycles. The van der Waals surface area contributed by atoms with Crippen LogP contribution in [0.15, 0.2) is 0 Å². The molecular formula is C30H66. The quantitative estimate of drug-likeness (QED) is 0.361. The highest BCUT2D eigenvalue weighted by molar-refractivity contribution is 5.11. The second-order valence-corrected chi connectivity index (χ2v) is 13.4. The van der Waals surface area contributed by atoms with Gasteiger partial charge in [0.15, 0.2) is 0 Å². The van der Waals surface area contributed by atoms with Crippen molar-refractivity contribution in [3.8, 4) is 0 Å². The van der Waals surface area contributed by atoms with Gasteiger partial charge < -0.3 is 0 Å². The van der Waals surface area contributed by atoms with E-state index in [1.807, 2.05) is 13.8 Å². The minimum atomic E-state index is 0. The Labute approximate surface area is 195 Å². The van der Waals surface area contributed by atoms with E-state index in [4.69, 9.17) is 0 Å². The van der Waals surface area contributed by atoms with E-state index in [-0.39, 0.29) is 14.9 Å². The van der Waals surface area contributed by atoms with Gasteiger partial charge in [0.05, 0.1) is 0 Å². The van der Waals surface area contributed by atoms with Crippen molar-refractivity contribution in [3.63, 3.8) is 0 Å². The van der Waals surface area contributed by atoms with E-state index in [2.05, 4.69) is 83.1 Å². The average Bonchev–Trinajstić information content (AvgIpc) is 2.39. The SMILES string of the molecule is C.C.CC.CC(C)(C)C(C)(C)C.CC(C)(C)C12CC(C1)C2.C[C@@H]1CC[C@@H](C)[C@H](C)C1. The van der Waals surface area contributed by atoms with Crippen LogP contribution in [0.4, 0.5) is 0 Å². The zero-order valence-corrected chi connectivity index (χ0v) is 22.6. The van der Waals surface area contributed by atoms with Crippen LogP contribution in [0.1, 0.15) is 150 Å². The Morgan fingerprint density at radius 1 is 0.600 bits per heavy atom. The van der Waals surface area contributed by atoms with Gasteiger partial charge in [-0.05, 0) is 71.0 Å². The number of hydrogen-bond acceptors (Lipinski definition) is 0. The van der Waals surface area contributed by atoms with E-state index in [1.165, 1.54) is 38.5 Å². The summed E-state index contributed by atoms with van der Waals surface area (Å²) in [5.74, 6) is 4.11. The van der Waals surface area contributed by atoms with Crippen LogP contribution in [-0.4, -0.2) is 0 Å². The largest absolute Gasteiger partial charge is 0.0776 e. The Hall–Kier alpha value is 0. The second kappa shape index (κ2) is 12.9. The van der Waals surface area contributed by atoms with E-state index >= 15 is 0 Å². The molecule has 30 heavy (non-hydrogen) atoms. The Kier molecular flexibility index (Phi) is 14.9. The normalized spacial score (nSPS) is 31.8. The topological polar surface area (TPSA) is 0 Å². The van der Waals surface area contributed by atoms with Crippen molar-refractivity contribution in [1.82, 2.24) is 0 Å². The molecule has 0 aromatic carbocycles. The van der Waals surface area contributed by atoms with E-state index in [9.17, 15) is 0 Å². The molecule has 3 atom stereocenters. The second-order valence-electron chi connectivity index (χ2n) is 13.4. The van der Waals surface area contributed by atoms with Gasteiger partial charge in [-0.15, -0.1) is 0 Å². The van der Waals surface area contributed by atoms with Crippen LogP contribution in [0.3, 0.4) is 0 Å². The van der Waals surface area contributed by atoms with Crippen molar-refractivity contribution in [1.29, 1.82) is 0 Å². The molecule has 0 amide bonds. The van der Waals surface area contributed by atoms with Crippen LogP contribution in [0.5, 0.6) is 0 Å². The molecule has 0 aromatic heterocycles. The summed E-state index contributed by atoms with van der Waals surface area (Å²) in [4.78, 5) is 0. The first kappa shape index (κ1) is 34.6. The standard InChI is InChI=1S/C9H16.C9H18.C8H18.C2H6.2CH4/c1-8(2,3)9-4-7(5-9)6-9;1-7-4-5-8(2)9(3)6-7;1-7(2,3)8(4,5)6;1-2;;/h7H,4-6H2,1-3H3;7-9H,4-6H2,1-3H3;1-6H3;1-2H3;2*1H4/t;7-,8-,9-;;;;/m.1..../s1. The smallest absolute Gasteiger partial charge is 0.0241 e. The molecule has 4 fully saturated rings. The maximum absolute atomic E-state index is 2.39. The molecule has 4 aliphatic rings. The Bertz CT molecular complexity index is 393. The van der Waals surface area contributed by atoms with E-state index in [1.54, 1.807) is 0 Å². The lowest BCUT2D eigenvalue weighted by atomic mass is 9.37. The summed E-state index contributed by atoms with van der Waals surface area (Å²) < 4.78 is 0. The lowest BCUT2D eigenvalue weighted by Crippen LogP contribution is -2.58. The molecule has 0 unspecified atom stereocenters. The Balaban J connectivity index is -0.000000340. The number of rotatable bonds is 0. The first-order valence-corrected chi connectivity index (χ1v) is 12.5. The predicted molar refractivity (Wildman–Crippen MR) is 144 cm³/mol. The van der Waals surface area contributed by atoms with Crippen LogP contribution in [-0.2, 0) is 0 Å². The highest BCUT2D eigenvalue weighted by Gasteiger charge is 2.61. The van der Waals surface area contributed by atoms with Crippen LogP contribution in [0.25, 0.3) is 0 Å². The maximum Gasteiger partial charge on any atom is -0.0241 e. The summed E-state index contributed by atoms with van der Waals surface area (Å²) in [6.07, 6.45) is 9.00. The lowest BCUT2D eigenvalue weighted by Gasteiger charge is -2.68. The van der Waals surface area contributed by atoms with E-state index in [0.29, 0.717) is 16.2 Å². The Morgan fingerprint density at radius 3 is 1.10 bits per heavy atom. The molecule has 0 heteroatoms. The van der Waals surface area contributed by atoms with Gasteiger partial charge in [-0.25, -0.2) is 0 Å². The van der Waals surface area contributed by atoms with Crippen LogP contribution < -0.4 is 0 Å². The minimum Gasteiger partial charge on any atom is -0.0776 e. The maximum atomic E-state index is 2.39. The monoisotopic (exact) mass is 427 g/mol. The average molecular weight is 427 g/mol. The van der Waals surface area contributed by atoms with Gasteiger partial charge in [0.25, 0.3) is 0 Å². The molecule has 186 valence electrons. The van der Waals surface area contributed by atoms with Gasteiger partial charge in [0, 0.05) is 0 Å². The third-order valence-electron chi connectivity index (χ3n) is 8.74. The van der Waals surface area contributed by atoms with Crippen LogP contribution >= 0.6 is 0 Å². The molecule has 0 nitrogen and oxygen atoms in total. The molecule has 2 bridgehead atoms. The summed E-state index contributed by atoms with van der Waals surface area (Å²) in [6, 6.07) is 0. The number of hydrogen-bond donors (Lipinski definition) is 0. The predicted octanol–water partition coefficient (Wildman–Crippen LogP) is 11.3. The molecule has 4 aliphatic carbocycles. The van der Waals surface area contributed by atoms with Gasteiger partial charge in [-0.3, -0.25) is 0 Å². The Morgan fingerprint density at radius 2 is 0.967 bits per heavy atom. The highest BCUT2D eigenvalue weighted by Crippen LogP contribution is 2.71. The molecule has 0 aliphatic heterocycles. The van der Waals surface area contributed by atoms with Crippen molar-refractivity contribution < 1.29 is 0 Å². The third kappa shape index (κ3) is 9.65. The molecule has 4 rings (SSSR count). The molecule has 0 heterocycles. The zero-order chi connectivity index (χ0) is 22.6.